The molecule has 0 aliphatic heterocycles. The maximum Gasteiger partial charge on any atom is 0.191 e. The smallest absolute Gasteiger partial charge is 0.191 e. The SMILES string of the molecule is CN=C(NCc1nccn1CCc1ccccc1)NCC1(CCOC)CCCC1.I. The van der Waals surface area contributed by atoms with Gasteiger partial charge >= 0.3 is 0 Å². The zero-order chi connectivity index (χ0) is 20.4. The Labute approximate surface area is 197 Å². The lowest BCUT2D eigenvalue weighted by Gasteiger charge is -2.29. The van der Waals surface area contributed by atoms with Gasteiger partial charge in [-0.1, -0.05) is 43.2 Å². The van der Waals surface area contributed by atoms with Crippen molar-refractivity contribution >= 4 is 29.9 Å². The molecule has 1 aliphatic rings. The molecule has 7 heteroatoms. The van der Waals surface area contributed by atoms with E-state index in [9.17, 15) is 0 Å². The number of halogens is 1. The molecule has 0 amide bonds. The number of aliphatic imine (C=N–C) groups is 1. The molecule has 2 aromatic rings. The van der Waals surface area contributed by atoms with Gasteiger partial charge < -0.3 is 19.9 Å². The van der Waals surface area contributed by atoms with Gasteiger partial charge in [0.2, 0.25) is 0 Å². The summed E-state index contributed by atoms with van der Waals surface area (Å²) in [6, 6.07) is 10.6. The van der Waals surface area contributed by atoms with Gasteiger partial charge in [-0.25, -0.2) is 4.98 Å². The molecule has 0 atom stereocenters. The normalized spacial score (nSPS) is 15.6. The third-order valence-electron chi connectivity index (χ3n) is 6.06. The van der Waals surface area contributed by atoms with Crippen LogP contribution >= 0.6 is 24.0 Å². The number of benzene rings is 1. The van der Waals surface area contributed by atoms with E-state index < -0.39 is 0 Å². The highest BCUT2D eigenvalue weighted by molar-refractivity contribution is 14.0. The van der Waals surface area contributed by atoms with Gasteiger partial charge in [-0.2, -0.15) is 0 Å². The lowest BCUT2D eigenvalue weighted by atomic mass is 9.83. The Kier molecular flexibility index (Phi) is 10.6. The summed E-state index contributed by atoms with van der Waals surface area (Å²) in [6.45, 7) is 3.35. The van der Waals surface area contributed by atoms with Gasteiger partial charge in [0.25, 0.3) is 0 Å². The Morgan fingerprint density at radius 1 is 1.20 bits per heavy atom. The number of aromatic nitrogens is 2. The number of imidazole rings is 1. The number of guanidine groups is 1. The molecule has 0 unspecified atom stereocenters. The summed E-state index contributed by atoms with van der Waals surface area (Å²) in [4.78, 5) is 8.94. The minimum absolute atomic E-state index is 0. The molecule has 166 valence electrons. The van der Waals surface area contributed by atoms with E-state index in [0.29, 0.717) is 12.0 Å². The average molecular weight is 525 g/mol. The Bertz CT molecular complexity index is 756. The summed E-state index contributed by atoms with van der Waals surface area (Å²) in [5.41, 5.74) is 1.68. The number of methoxy groups -OCH3 is 1. The first-order chi connectivity index (χ1) is 14.2. The van der Waals surface area contributed by atoms with Crippen LogP contribution in [0.2, 0.25) is 0 Å². The first-order valence-electron chi connectivity index (χ1n) is 10.7. The van der Waals surface area contributed by atoms with E-state index in [0.717, 1.165) is 44.3 Å². The van der Waals surface area contributed by atoms with Crippen molar-refractivity contribution in [1.29, 1.82) is 0 Å². The van der Waals surface area contributed by atoms with Gasteiger partial charge in [0.15, 0.2) is 5.96 Å². The van der Waals surface area contributed by atoms with Gasteiger partial charge in [-0.05, 0) is 36.7 Å². The number of nitrogens with zero attached hydrogens (tertiary/aromatic N) is 3. The van der Waals surface area contributed by atoms with Gasteiger partial charge in [0, 0.05) is 46.2 Å². The molecule has 0 bridgehead atoms. The van der Waals surface area contributed by atoms with Crippen molar-refractivity contribution in [1.82, 2.24) is 20.2 Å². The Balaban J connectivity index is 0.00000320. The van der Waals surface area contributed by atoms with Gasteiger partial charge in [0.1, 0.15) is 5.82 Å². The van der Waals surface area contributed by atoms with Crippen LogP contribution in [0.3, 0.4) is 0 Å². The predicted molar refractivity (Wildman–Crippen MR) is 133 cm³/mol. The summed E-state index contributed by atoms with van der Waals surface area (Å²) in [6.07, 6.45) is 11.2. The van der Waals surface area contributed by atoms with Crippen LogP contribution in [-0.2, 0) is 24.2 Å². The third-order valence-corrected chi connectivity index (χ3v) is 6.06. The number of hydrogen-bond donors (Lipinski definition) is 2. The van der Waals surface area contributed by atoms with Crippen molar-refractivity contribution in [2.24, 2.45) is 10.4 Å². The average Bonchev–Trinajstić information content (AvgIpc) is 3.41. The monoisotopic (exact) mass is 525 g/mol. The second-order valence-corrected chi connectivity index (χ2v) is 8.00. The first-order valence-corrected chi connectivity index (χ1v) is 10.7. The fraction of sp³-hybridized carbons (Fsp3) is 0.565. The van der Waals surface area contributed by atoms with E-state index in [1.54, 1.807) is 7.11 Å². The Morgan fingerprint density at radius 3 is 2.67 bits per heavy atom. The molecule has 1 saturated carbocycles. The van der Waals surface area contributed by atoms with Crippen LogP contribution in [0, 0.1) is 5.41 Å². The molecular weight excluding hydrogens is 489 g/mol. The molecule has 0 radical (unpaired) electrons. The second-order valence-electron chi connectivity index (χ2n) is 8.00. The van der Waals surface area contributed by atoms with E-state index in [4.69, 9.17) is 4.74 Å². The zero-order valence-corrected chi connectivity index (χ0v) is 20.6. The largest absolute Gasteiger partial charge is 0.385 e. The maximum absolute atomic E-state index is 5.34. The fourth-order valence-corrected chi connectivity index (χ4v) is 4.22. The van der Waals surface area contributed by atoms with Crippen LogP contribution in [0.4, 0.5) is 0 Å². The molecule has 0 spiro atoms. The highest BCUT2D eigenvalue weighted by atomic mass is 127. The van der Waals surface area contributed by atoms with Crippen LogP contribution in [0.5, 0.6) is 0 Å². The molecule has 6 nitrogen and oxygen atoms in total. The first kappa shape index (κ1) is 24.7. The summed E-state index contributed by atoms with van der Waals surface area (Å²) < 4.78 is 7.55. The van der Waals surface area contributed by atoms with Crippen LogP contribution in [-0.4, -0.2) is 42.8 Å². The van der Waals surface area contributed by atoms with Crippen molar-refractivity contribution in [3.63, 3.8) is 0 Å². The zero-order valence-electron chi connectivity index (χ0n) is 18.3. The number of rotatable bonds is 10. The summed E-state index contributed by atoms with van der Waals surface area (Å²) in [5, 5.41) is 6.98. The van der Waals surface area contributed by atoms with Gasteiger partial charge in [0.05, 0.1) is 6.54 Å². The highest BCUT2D eigenvalue weighted by Gasteiger charge is 2.33. The summed E-state index contributed by atoms with van der Waals surface area (Å²) in [5.74, 6) is 1.87. The number of aryl methyl sites for hydroxylation is 2. The van der Waals surface area contributed by atoms with Crippen molar-refractivity contribution in [3.05, 3.63) is 54.1 Å². The van der Waals surface area contributed by atoms with Crippen molar-refractivity contribution in [2.75, 3.05) is 27.3 Å². The molecule has 1 heterocycles. The van der Waals surface area contributed by atoms with Crippen LogP contribution in [0.25, 0.3) is 0 Å². The lowest BCUT2D eigenvalue weighted by molar-refractivity contribution is 0.138. The quantitative estimate of drug-likeness (QED) is 0.280. The lowest BCUT2D eigenvalue weighted by Crippen LogP contribution is -2.43. The minimum Gasteiger partial charge on any atom is -0.385 e. The summed E-state index contributed by atoms with van der Waals surface area (Å²) in [7, 11) is 3.62. The van der Waals surface area contributed by atoms with Crippen molar-refractivity contribution < 1.29 is 4.74 Å². The molecule has 1 aromatic carbocycles. The molecule has 3 rings (SSSR count). The van der Waals surface area contributed by atoms with E-state index in [1.165, 1.54) is 31.2 Å². The van der Waals surface area contributed by atoms with Crippen molar-refractivity contribution in [2.45, 2.75) is 51.6 Å². The fourth-order valence-electron chi connectivity index (χ4n) is 4.22. The van der Waals surface area contributed by atoms with E-state index in [1.807, 2.05) is 13.2 Å². The number of hydrogen-bond acceptors (Lipinski definition) is 3. The van der Waals surface area contributed by atoms with E-state index in [2.05, 4.69) is 61.7 Å². The van der Waals surface area contributed by atoms with E-state index in [-0.39, 0.29) is 24.0 Å². The molecule has 1 aromatic heterocycles. The van der Waals surface area contributed by atoms with Crippen LogP contribution in [0.1, 0.15) is 43.5 Å². The van der Waals surface area contributed by atoms with Gasteiger partial charge in [-0.15, -0.1) is 24.0 Å². The highest BCUT2D eigenvalue weighted by Crippen LogP contribution is 2.40. The molecule has 1 fully saturated rings. The molecule has 30 heavy (non-hydrogen) atoms. The Morgan fingerprint density at radius 2 is 1.97 bits per heavy atom. The Hall–Kier alpha value is -1.61. The summed E-state index contributed by atoms with van der Waals surface area (Å²) >= 11 is 0. The van der Waals surface area contributed by atoms with Gasteiger partial charge in [-0.3, -0.25) is 4.99 Å². The maximum atomic E-state index is 5.34. The van der Waals surface area contributed by atoms with Crippen molar-refractivity contribution in [3.8, 4) is 0 Å². The minimum atomic E-state index is 0. The topological polar surface area (TPSA) is 63.5 Å². The standard InChI is InChI=1S/C23H35N5O.HI/c1-24-22(27-19-23(13-17-29-2)11-6-7-12-23)26-18-21-25-14-16-28(21)15-10-20-8-4-3-5-9-20;/h3-5,8-9,14,16H,6-7,10-13,15,17-19H2,1-2H3,(H2,24,26,27);1H. The number of nitrogens with one attached hydrogen (secondary N) is 2. The number of ether oxygens (including phenoxy) is 1. The molecule has 1 aliphatic carbocycles. The van der Waals surface area contributed by atoms with Crippen LogP contribution < -0.4 is 10.6 Å². The third kappa shape index (κ3) is 7.27. The molecule has 0 saturated heterocycles. The van der Waals surface area contributed by atoms with E-state index >= 15 is 0 Å². The molecule has 2 N–H and O–H groups in total. The second kappa shape index (κ2) is 12.9. The van der Waals surface area contributed by atoms with Crippen LogP contribution in [0.15, 0.2) is 47.7 Å². The predicted octanol–water partition coefficient (Wildman–Crippen LogP) is 4.01. The molecular formula is C23H36IN5O.